The van der Waals surface area contributed by atoms with Gasteiger partial charge in [0.15, 0.2) is 5.76 Å². The standard InChI is InChI=1S/C14H13N5O2/c1-8(12-7-10-5-3-4-6-11(10)21-12)16-18-14-15-13(20)9(2)17-19-14/h3-7H,1-2H3,(H2,15,18,19,20). The van der Waals surface area contributed by atoms with Crippen LogP contribution < -0.4 is 11.0 Å². The maximum Gasteiger partial charge on any atom is 0.274 e. The normalized spacial score (nSPS) is 11.8. The van der Waals surface area contributed by atoms with E-state index in [-0.39, 0.29) is 11.5 Å². The van der Waals surface area contributed by atoms with E-state index in [1.807, 2.05) is 30.3 Å². The number of fused-ring (bicyclic) bond motifs is 1. The summed E-state index contributed by atoms with van der Waals surface area (Å²) in [7, 11) is 0. The Morgan fingerprint density at radius 2 is 2.14 bits per heavy atom. The highest BCUT2D eigenvalue weighted by molar-refractivity contribution is 5.99. The van der Waals surface area contributed by atoms with Gasteiger partial charge in [-0.25, -0.2) is 5.43 Å². The molecule has 0 aliphatic rings. The number of furan rings is 1. The van der Waals surface area contributed by atoms with Crippen molar-refractivity contribution >= 4 is 22.6 Å². The van der Waals surface area contributed by atoms with E-state index in [0.29, 0.717) is 17.2 Å². The lowest BCUT2D eigenvalue weighted by Crippen LogP contribution is -2.15. The molecular formula is C14H13N5O2. The molecule has 3 rings (SSSR count). The number of hydrogen-bond acceptors (Lipinski definition) is 6. The summed E-state index contributed by atoms with van der Waals surface area (Å²) in [6.45, 7) is 3.38. The summed E-state index contributed by atoms with van der Waals surface area (Å²) < 4.78 is 5.68. The number of anilines is 1. The predicted octanol–water partition coefficient (Wildman–Crippen LogP) is 2.06. The Morgan fingerprint density at radius 3 is 2.90 bits per heavy atom. The van der Waals surface area contributed by atoms with Gasteiger partial charge in [0.25, 0.3) is 5.56 Å². The summed E-state index contributed by atoms with van der Waals surface area (Å²) in [6.07, 6.45) is 0. The summed E-state index contributed by atoms with van der Waals surface area (Å²) >= 11 is 0. The number of para-hydroxylation sites is 1. The highest BCUT2D eigenvalue weighted by atomic mass is 16.3. The molecule has 7 nitrogen and oxygen atoms in total. The van der Waals surface area contributed by atoms with Gasteiger partial charge in [-0.15, -0.1) is 10.2 Å². The summed E-state index contributed by atoms with van der Waals surface area (Å²) in [6, 6.07) is 9.61. The van der Waals surface area contributed by atoms with E-state index in [1.54, 1.807) is 13.8 Å². The van der Waals surface area contributed by atoms with E-state index >= 15 is 0 Å². The van der Waals surface area contributed by atoms with Crippen molar-refractivity contribution in [1.29, 1.82) is 0 Å². The van der Waals surface area contributed by atoms with Crippen LogP contribution in [-0.4, -0.2) is 20.9 Å². The third-order valence-corrected chi connectivity index (χ3v) is 2.97. The number of aromatic amines is 1. The van der Waals surface area contributed by atoms with Crippen LogP contribution in [0.15, 0.2) is 44.6 Å². The van der Waals surface area contributed by atoms with Gasteiger partial charge in [-0.2, -0.15) is 5.10 Å². The molecule has 0 fully saturated rings. The Hall–Kier alpha value is -2.96. The molecular weight excluding hydrogens is 270 g/mol. The Bertz CT molecular complexity index is 845. The van der Waals surface area contributed by atoms with Crippen molar-refractivity contribution in [2.75, 3.05) is 5.43 Å². The highest BCUT2D eigenvalue weighted by Crippen LogP contribution is 2.19. The van der Waals surface area contributed by atoms with Crippen LogP contribution in [0.4, 0.5) is 5.95 Å². The highest BCUT2D eigenvalue weighted by Gasteiger charge is 2.06. The van der Waals surface area contributed by atoms with Crippen molar-refractivity contribution in [3.8, 4) is 0 Å². The summed E-state index contributed by atoms with van der Waals surface area (Å²) in [5.74, 6) is 0.826. The fraction of sp³-hybridized carbons (Fsp3) is 0.143. The van der Waals surface area contributed by atoms with Crippen molar-refractivity contribution in [3.05, 3.63) is 52.1 Å². The van der Waals surface area contributed by atoms with E-state index in [9.17, 15) is 4.79 Å². The number of hydrazone groups is 1. The lowest BCUT2D eigenvalue weighted by Gasteiger charge is -1.99. The first kappa shape index (κ1) is 13.0. The number of rotatable bonds is 3. The van der Waals surface area contributed by atoms with E-state index in [4.69, 9.17) is 4.42 Å². The molecule has 0 aliphatic carbocycles. The van der Waals surface area contributed by atoms with Crippen LogP contribution in [0, 0.1) is 6.92 Å². The van der Waals surface area contributed by atoms with E-state index < -0.39 is 0 Å². The molecule has 3 aromatic rings. The minimum absolute atomic E-state index is 0.182. The Morgan fingerprint density at radius 1 is 1.33 bits per heavy atom. The number of aromatic nitrogens is 3. The number of nitrogens with one attached hydrogen (secondary N) is 2. The quantitative estimate of drug-likeness (QED) is 0.566. The maximum atomic E-state index is 11.4. The Kier molecular flexibility index (Phi) is 3.23. The number of hydrogen-bond donors (Lipinski definition) is 2. The molecule has 0 radical (unpaired) electrons. The molecule has 0 saturated heterocycles. The first-order chi connectivity index (χ1) is 10.1. The van der Waals surface area contributed by atoms with Gasteiger partial charge in [0.05, 0.1) is 0 Å². The van der Waals surface area contributed by atoms with Gasteiger partial charge in [-0.1, -0.05) is 18.2 Å². The van der Waals surface area contributed by atoms with E-state index in [1.165, 1.54) is 0 Å². The second-order valence-electron chi connectivity index (χ2n) is 4.55. The van der Waals surface area contributed by atoms with Crippen LogP contribution in [-0.2, 0) is 0 Å². The molecule has 0 spiro atoms. The molecule has 0 amide bonds. The van der Waals surface area contributed by atoms with Gasteiger partial charge in [-0.05, 0) is 26.0 Å². The van der Waals surface area contributed by atoms with Crippen molar-refractivity contribution in [2.45, 2.75) is 13.8 Å². The molecule has 0 saturated carbocycles. The van der Waals surface area contributed by atoms with Crippen LogP contribution in [0.5, 0.6) is 0 Å². The first-order valence-electron chi connectivity index (χ1n) is 6.36. The lowest BCUT2D eigenvalue weighted by atomic mass is 10.2. The fourth-order valence-electron chi connectivity index (χ4n) is 1.80. The zero-order valence-electron chi connectivity index (χ0n) is 11.5. The molecule has 0 aliphatic heterocycles. The molecule has 7 heteroatoms. The molecule has 106 valence electrons. The molecule has 0 atom stereocenters. The average Bonchev–Trinajstić information content (AvgIpc) is 2.92. The molecule has 21 heavy (non-hydrogen) atoms. The van der Waals surface area contributed by atoms with Gasteiger partial charge in [0, 0.05) is 5.39 Å². The Labute approximate surface area is 119 Å². The van der Waals surface area contributed by atoms with Gasteiger partial charge < -0.3 is 4.42 Å². The second kappa shape index (κ2) is 5.20. The summed E-state index contributed by atoms with van der Waals surface area (Å²) in [5.41, 5.74) is 4.09. The minimum atomic E-state index is -0.302. The summed E-state index contributed by atoms with van der Waals surface area (Å²) in [4.78, 5) is 13.9. The zero-order valence-corrected chi connectivity index (χ0v) is 11.5. The topological polar surface area (TPSA) is 96.2 Å². The maximum absolute atomic E-state index is 11.4. The van der Waals surface area contributed by atoms with Gasteiger partial charge >= 0.3 is 0 Å². The Balaban J connectivity index is 1.85. The number of aryl methyl sites for hydroxylation is 1. The lowest BCUT2D eigenvalue weighted by molar-refractivity contribution is 0.604. The number of H-pyrrole nitrogens is 1. The van der Waals surface area contributed by atoms with Gasteiger partial charge in [0.1, 0.15) is 17.0 Å². The number of benzene rings is 1. The largest absolute Gasteiger partial charge is 0.455 e. The van der Waals surface area contributed by atoms with Gasteiger partial charge in [-0.3, -0.25) is 9.78 Å². The molecule has 2 aromatic heterocycles. The predicted molar refractivity (Wildman–Crippen MR) is 79.4 cm³/mol. The third kappa shape index (κ3) is 2.66. The minimum Gasteiger partial charge on any atom is -0.455 e. The second-order valence-corrected chi connectivity index (χ2v) is 4.55. The van der Waals surface area contributed by atoms with Gasteiger partial charge in [0.2, 0.25) is 5.95 Å². The smallest absolute Gasteiger partial charge is 0.274 e. The molecule has 2 N–H and O–H groups in total. The van der Waals surface area contributed by atoms with E-state index in [2.05, 4.69) is 25.7 Å². The third-order valence-electron chi connectivity index (χ3n) is 2.97. The molecule has 2 heterocycles. The average molecular weight is 283 g/mol. The molecule has 0 bridgehead atoms. The first-order valence-corrected chi connectivity index (χ1v) is 6.36. The SMILES string of the molecule is CC(=NNc1nnc(C)c(=O)[nH]1)c1cc2ccccc2o1. The van der Waals surface area contributed by atoms with Crippen LogP contribution in [0.1, 0.15) is 18.4 Å². The van der Waals surface area contributed by atoms with Crippen molar-refractivity contribution in [3.63, 3.8) is 0 Å². The van der Waals surface area contributed by atoms with Crippen molar-refractivity contribution in [2.24, 2.45) is 5.10 Å². The molecule has 1 aromatic carbocycles. The molecule has 0 unspecified atom stereocenters. The van der Waals surface area contributed by atoms with Crippen LogP contribution in [0.25, 0.3) is 11.0 Å². The fourth-order valence-corrected chi connectivity index (χ4v) is 1.80. The van der Waals surface area contributed by atoms with Crippen molar-refractivity contribution < 1.29 is 4.42 Å². The van der Waals surface area contributed by atoms with Crippen LogP contribution in [0.3, 0.4) is 0 Å². The number of nitrogens with zero attached hydrogens (tertiary/aromatic N) is 3. The zero-order chi connectivity index (χ0) is 14.8. The van der Waals surface area contributed by atoms with E-state index in [0.717, 1.165) is 11.0 Å². The van der Waals surface area contributed by atoms with Crippen LogP contribution >= 0.6 is 0 Å². The van der Waals surface area contributed by atoms with Crippen LogP contribution in [0.2, 0.25) is 0 Å². The van der Waals surface area contributed by atoms with Crippen molar-refractivity contribution in [1.82, 2.24) is 15.2 Å². The summed E-state index contributed by atoms with van der Waals surface area (Å²) in [5, 5.41) is 12.6. The monoisotopic (exact) mass is 283 g/mol.